The van der Waals surface area contributed by atoms with E-state index in [0.717, 1.165) is 16.3 Å². The number of para-hydroxylation sites is 1. The maximum absolute atomic E-state index is 14.6. The molecule has 0 spiro atoms. The van der Waals surface area contributed by atoms with Crippen LogP contribution in [0.1, 0.15) is 35.2 Å². The first-order chi connectivity index (χ1) is 25.4. The number of fused-ring (bicyclic) bond motifs is 2. The molecule has 52 heavy (non-hydrogen) atoms. The third kappa shape index (κ3) is 6.44. The average molecular weight is 713 g/mol. The fraction of sp³-hybridized carbons (Fsp3) is 0.167. The molecule has 0 radical (unpaired) electrons. The molecule has 5 aromatic carbocycles. The first-order valence-electron chi connectivity index (χ1n) is 16.7. The van der Waals surface area contributed by atoms with Crippen LogP contribution < -0.4 is 33.8 Å². The van der Waals surface area contributed by atoms with Crippen molar-refractivity contribution in [2.24, 2.45) is 4.99 Å². The van der Waals surface area contributed by atoms with Gasteiger partial charge in [-0.3, -0.25) is 9.36 Å². The summed E-state index contributed by atoms with van der Waals surface area (Å²) < 4.78 is 30.9. The van der Waals surface area contributed by atoms with Crippen LogP contribution in [0.5, 0.6) is 23.0 Å². The number of benzene rings is 5. The Bertz CT molecular complexity index is 2500. The predicted molar refractivity (Wildman–Crippen MR) is 202 cm³/mol. The van der Waals surface area contributed by atoms with E-state index in [0.29, 0.717) is 54.7 Å². The number of carbonyl (C=O) groups excluding carboxylic acids is 1. The monoisotopic (exact) mass is 712 g/mol. The molecule has 0 aliphatic carbocycles. The van der Waals surface area contributed by atoms with Crippen LogP contribution in [0.25, 0.3) is 22.5 Å². The Hall–Kier alpha value is -6.13. The Morgan fingerprint density at radius 2 is 1.56 bits per heavy atom. The molecule has 10 heteroatoms. The lowest BCUT2D eigenvalue weighted by atomic mass is 9.93. The summed E-state index contributed by atoms with van der Waals surface area (Å²) in [5.41, 5.74) is 3.33. The van der Waals surface area contributed by atoms with Gasteiger partial charge in [-0.2, -0.15) is 0 Å². The van der Waals surface area contributed by atoms with E-state index in [1.165, 1.54) is 11.3 Å². The molecule has 0 saturated carbocycles. The summed E-state index contributed by atoms with van der Waals surface area (Å²) in [6, 6.07) is 33.7. The van der Waals surface area contributed by atoms with Gasteiger partial charge in [0.25, 0.3) is 5.56 Å². The minimum atomic E-state index is -0.889. The van der Waals surface area contributed by atoms with Gasteiger partial charge in [-0.15, -0.1) is 0 Å². The summed E-state index contributed by atoms with van der Waals surface area (Å²) in [5, 5.41) is 2.21. The number of esters is 1. The fourth-order valence-electron chi connectivity index (χ4n) is 6.45. The molecule has 9 nitrogen and oxygen atoms in total. The third-order valence-electron chi connectivity index (χ3n) is 8.86. The highest BCUT2D eigenvalue weighted by molar-refractivity contribution is 7.07. The zero-order chi connectivity index (χ0) is 36.2. The molecule has 0 N–H and O–H groups in total. The largest absolute Gasteiger partial charge is 0.493 e. The van der Waals surface area contributed by atoms with E-state index >= 15 is 0 Å². The Morgan fingerprint density at radius 1 is 0.827 bits per heavy atom. The van der Waals surface area contributed by atoms with Crippen molar-refractivity contribution in [2.45, 2.75) is 19.6 Å². The molecule has 0 saturated heterocycles. The number of ether oxygens (including phenoxy) is 5. The molecule has 1 aliphatic rings. The van der Waals surface area contributed by atoms with Gasteiger partial charge in [0.1, 0.15) is 6.61 Å². The van der Waals surface area contributed by atoms with E-state index in [1.807, 2.05) is 78.9 Å². The van der Waals surface area contributed by atoms with Gasteiger partial charge in [0.05, 0.1) is 49.8 Å². The van der Waals surface area contributed by atoms with Crippen LogP contribution >= 0.6 is 11.3 Å². The summed E-state index contributed by atoms with van der Waals surface area (Å²) in [7, 11) is 4.68. The first-order valence-corrected chi connectivity index (χ1v) is 17.5. The Kier molecular flexibility index (Phi) is 9.90. The van der Waals surface area contributed by atoms with Gasteiger partial charge in [0.2, 0.25) is 0 Å². The minimum absolute atomic E-state index is 0.144. The van der Waals surface area contributed by atoms with E-state index in [-0.39, 0.29) is 24.3 Å². The molecule has 7 rings (SSSR count). The number of methoxy groups -OCH3 is 3. The molecule has 1 aromatic heterocycles. The molecule has 0 unspecified atom stereocenters. The highest BCUT2D eigenvalue weighted by atomic mass is 32.1. The molecular weight excluding hydrogens is 677 g/mol. The van der Waals surface area contributed by atoms with Gasteiger partial charge in [-0.25, -0.2) is 9.79 Å². The summed E-state index contributed by atoms with van der Waals surface area (Å²) in [6.45, 7) is 2.17. The smallest absolute Gasteiger partial charge is 0.338 e. The topological polar surface area (TPSA) is 97.6 Å². The molecule has 6 aromatic rings. The third-order valence-corrected chi connectivity index (χ3v) is 9.85. The van der Waals surface area contributed by atoms with Crippen LogP contribution in [0.3, 0.4) is 0 Å². The number of aromatic nitrogens is 1. The number of thiazole rings is 1. The molecule has 0 amide bonds. The summed E-state index contributed by atoms with van der Waals surface area (Å²) in [6.07, 6.45) is 1.78. The maximum Gasteiger partial charge on any atom is 0.338 e. The lowest BCUT2D eigenvalue weighted by Crippen LogP contribution is -2.40. The van der Waals surface area contributed by atoms with Crippen LogP contribution in [0, 0.1) is 0 Å². The van der Waals surface area contributed by atoms with Gasteiger partial charge in [-0.05, 0) is 53.1 Å². The summed E-state index contributed by atoms with van der Waals surface area (Å²) in [5.74, 6) is 1.42. The number of carbonyl (C=O) groups is 1. The van der Waals surface area contributed by atoms with Crippen molar-refractivity contribution < 1.29 is 28.5 Å². The maximum atomic E-state index is 14.6. The normalized spacial score (nSPS) is 14.1. The quantitative estimate of drug-likeness (QED) is 0.138. The van der Waals surface area contributed by atoms with Crippen LogP contribution in [0.15, 0.2) is 125 Å². The molecular formula is C42H36N2O7S. The van der Waals surface area contributed by atoms with Gasteiger partial charge >= 0.3 is 5.97 Å². The Balaban J connectivity index is 1.42. The van der Waals surface area contributed by atoms with Crippen molar-refractivity contribution in [3.63, 3.8) is 0 Å². The van der Waals surface area contributed by atoms with E-state index in [4.69, 9.17) is 28.7 Å². The van der Waals surface area contributed by atoms with Crippen LogP contribution in [0.2, 0.25) is 0 Å². The molecule has 1 atom stereocenters. The Morgan fingerprint density at radius 3 is 2.33 bits per heavy atom. The number of hydrogen-bond acceptors (Lipinski definition) is 9. The van der Waals surface area contributed by atoms with E-state index in [1.54, 1.807) is 51.0 Å². The number of rotatable bonds is 11. The van der Waals surface area contributed by atoms with Gasteiger partial charge in [0, 0.05) is 11.1 Å². The van der Waals surface area contributed by atoms with E-state index in [2.05, 4.69) is 18.2 Å². The second-order valence-corrected chi connectivity index (χ2v) is 12.9. The molecule has 0 fully saturated rings. The van der Waals surface area contributed by atoms with Crippen LogP contribution in [0.4, 0.5) is 0 Å². The fourth-order valence-corrected chi connectivity index (χ4v) is 7.44. The number of nitrogens with zero attached hydrogens (tertiary/aromatic N) is 2. The molecule has 1 aliphatic heterocycles. The highest BCUT2D eigenvalue weighted by Crippen LogP contribution is 2.39. The second-order valence-electron chi connectivity index (χ2n) is 11.9. The molecule has 262 valence electrons. The van der Waals surface area contributed by atoms with Crippen molar-refractivity contribution in [3.8, 4) is 23.0 Å². The van der Waals surface area contributed by atoms with Crippen LogP contribution in [-0.2, 0) is 16.1 Å². The zero-order valence-corrected chi connectivity index (χ0v) is 29.9. The SMILES string of the molecule is CCOC(=O)C1=C(c2ccccc2)N=c2s/c(=C\c3cccc(OC)c3OCc3cccc4ccccc34)c(=O)n2[C@@H]1c1ccc(OC)c(OC)c1. The Labute approximate surface area is 304 Å². The zero-order valence-electron chi connectivity index (χ0n) is 29.1. The van der Waals surface area contributed by atoms with Crippen LogP contribution in [-0.4, -0.2) is 38.5 Å². The minimum Gasteiger partial charge on any atom is -0.493 e. The standard InChI is InChI=1S/C42H36N2O7S/c1-5-50-41(46)36-37(27-14-7-6-8-15-27)43-42-44(38(36)28-21-22-32(47-2)34(23-28)49-4)40(45)35(52-42)24-29-17-12-20-33(48-3)39(29)51-25-30-18-11-16-26-13-9-10-19-31(26)30/h6-24,38H,5,25H2,1-4H3/b35-24-/t38-/m1/s1. The predicted octanol–water partition coefficient (Wildman–Crippen LogP) is 6.69. The van der Waals surface area contributed by atoms with E-state index in [9.17, 15) is 9.59 Å². The molecule has 2 heterocycles. The van der Waals surface area contributed by atoms with Gasteiger partial charge in [-0.1, -0.05) is 102 Å². The highest BCUT2D eigenvalue weighted by Gasteiger charge is 2.35. The van der Waals surface area contributed by atoms with E-state index < -0.39 is 12.0 Å². The number of hydrogen-bond donors (Lipinski definition) is 0. The average Bonchev–Trinajstić information content (AvgIpc) is 3.50. The van der Waals surface area contributed by atoms with Crippen molar-refractivity contribution in [1.29, 1.82) is 0 Å². The van der Waals surface area contributed by atoms with Crippen molar-refractivity contribution in [1.82, 2.24) is 4.57 Å². The van der Waals surface area contributed by atoms with Crippen molar-refractivity contribution >= 4 is 39.9 Å². The second kappa shape index (κ2) is 15.0. The van der Waals surface area contributed by atoms with Crippen molar-refractivity contribution in [2.75, 3.05) is 27.9 Å². The van der Waals surface area contributed by atoms with Gasteiger partial charge < -0.3 is 23.7 Å². The van der Waals surface area contributed by atoms with Gasteiger partial charge in [0.15, 0.2) is 27.8 Å². The lowest BCUT2D eigenvalue weighted by molar-refractivity contribution is -0.138. The lowest BCUT2D eigenvalue weighted by Gasteiger charge is -2.26. The summed E-state index contributed by atoms with van der Waals surface area (Å²) in [4.78, 5) is 33.9. The first kappa shape index (κ1) is 34.3. The molecule has 0 bridgehead atoms. The summed E-state index contributed by atoms with van der Waals surface area (Å²) >= 11 is 1.23. The van der Waals surface area contributed by atoms with Crippen molar-refractivity contribution in [3.05, 3.63) is 157 Å².